The fraction of sp³-hybridized carbons (Fsp3) is 0.222. The molecule has 0 unspecified atom stereocenters. The Labute approximate surface area is 84.8 Å². The second kappa shape index (κ2) is 3.66. The highest BCUT2D eigenvalue weighted by atomic mass is 16.4. The molecule has 0 bridgehead atoms. The number of carboxylic acid groups (broad SMARTS) is 1. The summed E-state index contributed by atoms with van der Waals surface area (Å²) in [5, 5.41) is 25.2. The Balaban J connectivity index is 2.51. The summed E-state index contributed by atoms with van der Waals surface area (Å²) >= 11 is 0. The monoisotopic (exact) mass is 207 g/mol. The van der Waals surface area contributed by atoms with Crippen LogP contribution in [-0.2, 0) is 6.42 Å². The first-order valence-electron chi connectivity index (χ1n) is 4.40. The zero-order valence-corrected chi connectivity index (χ0v) is 7.79. The summed E-state index contributed by atoms with van der Waals surface area (Å²) in [4.78, 5) is 10.7. The van der Waals surface area contributed by atoms with Crippen molar-refractivity contribution >= 4 is 11.6 Å². The van der Waals surface area contributed by atoms with Gasteiger partial charge in [0.1, 0.15) is 5.82 Å². The zero-order chi connectivity index (χ0) is 10.8. The van der Waals surface area contributed by atoms with E-state index in [-0.39, 0.29) is 12.2 Å². The Kier molecular flexibility index (Phi) is 2.34. The number of rotatable bonds is 3. The van der Waals surface area contributed by atoms with Gasteiger partial charge in [0.2, 0.25) is 0 Å². The van der Waals surface area contributed by atoms with Gasteiger partial charge in [-0.2, -0.15) is 0 Å². The molecule has 6 heteroatoms. The van der Waals surface area contributed by atoms with Crippen LogP contribution in [0.5, 0.6) is 0 Å². The average molecular weight is 207 g/mol. The van der Waals surface area contributed by atoms with Gasteiger partial charge in [0, 0.05) is 12.6 Å². The van der Waals surface area contributed by atoms with Crippen LogP contribution in [0.4, 0.5) is 0 Å². The van der Waals surface area contributed by atoms with Crippen molar-refractivity contribution in [1.29, 1.82) is 0 Å². The van der Waals surface area contributed by atoms with Crippen molar-refractivity contribution in [2.75, 3.05) is 6.61 Å². The van der Waals surface area contributed by atoms with E-state index in [1.165, 1.54) is 12.1 Å². The first kappa shape index (κ1) is 9.60. The number of carboxylic acids is 1. The lowest BCUT2D eigenvalue weighted by molar-refractivity contribution is 0.0697. The number of carbonyl (C=O) groups is 1. The van der Waals surface area contributed by atoms with E-state index in [9.17, 15) is 4.79 Å². The smallest absolute Gasteiger partial charge is 0.335 e. The minimum absolute atomic E-state index is 0.0124. The largest absolute Gasteiger partial charge is 0.478 e. The van der Waals surface area contributed by atoms with Crippen molar-refractivity contribution in [2.45, 2.75) is 6.42 Å². The molecule has 0 spiro atoms. The molecule has 0 radical (unpaired) electrons. The molecule has 0 saturated heterocycles. The maximum Gasteiger partial charge on any atom is 0.335 e. The molecule has 2 aromatic heterocycles. The molecule has 0 atom stereocenters. The number of nitrogens with zero attached hydrogens (tertiary/aromatic N) is 3. The van der Waals surface area contributed by atoms with Crippen molar-refractivity contribution in [3.8, 4) is 0 Å². The average Bonchev–Trinajstić information content (AvgIpc) is 2.61. The first-order valence-corrected chi connectivity index (χ1v) is 4.40. The molecule has 2 N–H and O–H groups in total. The van der Waals surface area contributed by atoms with E-state index in [0.717, 1.165) is 0 Å². The number of pyridine rings is 1. The van der Waals surface area contributed by atoms with Crippen LogP contribution in [0.15, 0.2) is 18.3 Å². The second-order valence-electron chi connectivity index (χ2n) is 3.04. The van der Waals surface area contributed by atoms with Crippen molar-refractivity contribution in [3.63, 3.8) is 0 Å². The SMILES string of the molecule is O=C(O)c1ccn2c(CCO)nnc2c1. The lowest BCUT2D eigenvalue weighted by atomic mass is 10.2. The third-order valence-electron chi connectivity index (χ3n) is 2.06. The Hall–Kier alpha value is -1.95. The van der Waals surface area contributed by atoms with Crippen molar-refractivity contribution in [2.24, 2.45) is 0 Å². The van der Waals surface area contributed by atoms with Crippen LogP contribution in [0.1, 0.15) is 16.2 Å². The maximum absolute atomic E-state index is 10.7. The van der Waals surface area contributed by atoms with E-state index in [1.54, 1.807) is 10.6 Å². The van der Waals surface area contributed by atoms with Crippen LogP contribution in [-0.4, -0.2) is 37.4 Å². The summed E-state index contributed by atoms with van der Waals surface area (Å²) in [6, 6.07) is 2.91. The predicted molar refractivity (Wildman–Crippen MR) is 50.7 cm³/mol. The fourth-order valence-electron chi connectivity index (χ4n) is 1.34. The molecular formula is C9H9N3O3. The van der Waals surface area contributed by atoms with Gasteiger partial charge < -0.3 is 10.2 Å². The van der Waals surface area contributed by atoms with E-state index in [0.29, 0.717) is 17.9 Å². The van der Waals surface area contributed by atoms with E-state index < -0.39 is 5.97 Å². The van der Waals surface area contributed by atoms with Gasteiger partial charge in [0.25, 0.3) is 0 Å². The molecule has 0 fully saturated rings. The molecular weight excluding hydrogens is 198 g/mol. The summed E-state index contributed by atoms with van der Waals surface area (Å²) in [5.41, 5.74) is 0.642. The number of hydrogen-bond acceptors (Lipinski definition) is 4. The number of hydrogen-bond donors (Lipinski definition) is 2. The number of aliphatic hydroxyl groups is 1. The van der Waals surface area contributed by atoms with Crippen LogP contribution in [0, 0.1) is 0 Å². The highest BCUT2D eigenvalue weighted by Gasteiger charge is 2.08. The van der Waals surface area contributed by atoms with E-state index in [1.807, 2.05) is 0 Å². The van der Waals surface area contributed by atoms with E-state index in [4.69, 9.17) is 10.2 Å². The summed E-state index contributed by atoms with van der Waals surface area (Å²) in [7, 11) is 0. The van der Waals surface area contributed by atoms with Crippen LogP contribution in [0.2, 0.25) is 0 Å². The number of fused-ring (bicyclic) bond motifs is 1. The molecule has 2 rings (SSSR count). The van der Waals surface area contributed by atoms with Gasteiger partial charge in [-0.1, -0.05) is 0 Å². The van der Waals surface area contributed by atoms with E-state index in [2.05, 4.69) is 10.2 Å². The van der Waals surface area contributed by atoms with Gasteiger partial charge >= 0.3 is 5.97 Å². The molecule has 78 valence electrons. The molecule has 0 aliphatic carbocycles. The van der Waals surface area contributed by atoms with Gasteiger partial charge in [-0.15, -0.1) is 10.2 Å². The molecule has 0 aliphatic heterocycles. The highest BCUT2D eigenvalue weighted by Crippen LogP contribution is 2.07. The topological polar surface area (TPSA) is 87.7 Å². The summed E-state index contributed by atoms with van der Waals surface area (Å²) in [6.07, 6.45) is 1.98. The molecule has 0 aromatic carbocycles. The molecule has 0 amide bonds. The number of aromatic carboxylic acids is 1. The highest BCUT2D eigenvalue weighted by molar-refractivity contribution is 5.88. The lowest BCUT2D eigenvalue weighted by Crippen LogP contribution is -2.00. The Morgan fingerprint density at radius 1 is 1.47 bits per heavy atom. The fourth-order valence-corrected chi connectivity index (χ4v) is 1.34. The van der Waals surface area contributed by atoms with Gasteiger partial charge in [0.15, 0.2) is 5.65 Å². The quantitative estimate of drug-likeness (QED) is 0.737. The first-order chi connectivity index (χ1) is 7.22. The Bertz CT molecular complexity index is 506. The minimum atomic E-state index is -0.996. The number of aliphatic hydroxyl groups excluding tert-OH is 1. The standard InChI is InChI=1S/C9H9N3O3/c13-4-2-7-10-11-8-5-6(9(14)15)1-3-12(7)8/h1,3,5,13H,2,4H2,(H,14,15). The van der Waals surface area contributed by atoms with Crippen molar-refractivity contribution < 1.29 is 15.0 Å². The van der Waals surface area contributed by atoms with Gasteiger partial charge in [-0.3, -0.25) is 4.40 Å². The van der Waals surface area contributed by atoms with Gasteiger partial charge in [0.05, 0.1) is 12.2 Å². The molecule has 15 heavy (non-hydrogen) atoms. The van der Waals surface area contributed by atoms with Crippen molar-refractivity contribution in [3.05, 3.63) is 29.7 Å². The number of aromatic nitrogens is 3. The van der Waals surface area contributed by atoms with Gasteiger partial charge in [-0.25, -0.2) is 4.79 Å². The Morgan fingerprint density at radius 2 is 2.27 bits per heavy atom. The molecule has 6 nitrogen and oxygen atoms in total. The molecule has 0 saturated carbocycles. The lowest BCUT2D eigenvalue weighted by Gasteiger charge is -1.98. The van der Waals surface area contributed by atoms with E-state index >= 15 is 0 Å². The summed E-state index contributed by atoms with van der Waals surface area (Å²) in [5.74, 6) is -0.381. The maximum atomic E-state index is 10.7. The molecule has 2 heterocycles. The summed E-state index contributed by atoms with van der Waals surface area (Å²) < 4.78 is 1.66. The van der Waals surface area contributed by atoms with Crippen LogP contribution in [0.3, 0.4) is 0 Å². The zero-order valence-electron chi connectivity index (χ0n) is 7.79. The second-order valence-corrected chi connectivity index (χ2v) is 3.04. The minimum Gasteiger partial charge on any atom is -0.478 e. The predicted octanol–water partition coefficient (Wildman–Crippen LogP) is -0.0377. The molecule has 2 aromatic rings. The third-order valence-corrected chi connectivity index (χ3v) is 2.06. The van der Waals surface area contributed by atoms with Crippen LogP contribution >= 0.6 is 0 Å². The van der Waals surface area contributed by atoms with Crippen molar-refractivity contribution in [1.82, 2.24) is 14.6 Å². The summed E-state index contributed by atoms with van der Waals surface area (Å²) in [6.45, 7) is -0.0124. The van der Waals surface area contributed by atoms with Crippen LogP contribution < -0.4 is 0 Å². The van der Waals surface area contributed by atoms with Gasteiger partial charge in [-0.05, 0) is 12.1 Å². The normalized spacial score (nSPS) is 10.7. The van der Waals surface area contributed by atoms with Crippen LogP contribution in [0.25, 0.3) is 5.65 Å². The Morgan fingerprint density at radius 3 is 2.93 bits per heavy atom. The third kappa shape index (κ3) is 1.66. The molecule has 0 aliphatic rings.